The molecule has 7 heteroatoms. The lowest BCUT2D eigenvalue weighted by molar-refractivity contribution is -0.117. The van der Waals surface area contributed by atoms with Crippen molar-refractivity contribution in [2.75, 3.05) is 18.4 Å². The van der Waals surface area contributed by atoms with Gasteiger partial charge < -0.3 is 10.2 Å². The Morgan fingerprint density at radius 2 is 1.74 bits per heavy atom. The topological polar surface area (TPSA) is 67.2 Å². The van der Waals surface area contributed by atoms with Gasteiger partial charge in [0.1, 0.15) is 12.4 Å². The van der Waals surface area contributed by atoms with E-state index in [4.69, 9.17) is 5.10 Å². The fourth-order valence-electron chi connectivity index (χ4n) is 3.79. The number of anilines is 1. The Hall–Kier alpha value is -2.93. The number of aromatic nitrogens is 2. The van der Waals surface area contributed by atoms with Gasteiger partial charge in [0.15, 0.2) is 0 Å². The Morgan fingerprint density at radius 1 is 1.06 bits per heavy atom. The summed E-state index contributed by atoms with van der Waals surface area (Å²) in [4.78, 5) is 28.2. The molecule has 0 aliphatic carbocycles. The Morgan fingerprint density at radius 3 is 2.40 bits per heavy atom. The van der Waals surface area contributed by atoms with Crippen molar-refractivity contribution in [3.05, 3.63) is 75.9 Å². The molecule has 2 aromatic carbocycles. The Balaban J connectivity index is 1.87. The third-order valence-electron chi connectivity index (χ3n) is 5.85. The molecule has 0 unspecified atom stereocenters. The second-order valence-corrected chi connectivity index (χ2v) is 10.7. The van der Waals surface area contributed by atoms with Gasteiger partial charge in [-0.3, -0.25) is 9.59 Å². The molecule has 35 heavy (non-hydrogen) atoms. The van der Waals surface area contributed by atoms with E-state index in [1.54, 1.807) is 15.6 Å². The van der Waals surface area contributed by atoms with Crippen molar-refractivity contribution >= 4 is 33.6 Å². The first kappa shape index (κ1) is 26.7. The molecular formula is C28H35BrN4O2. The molecule has 6 nitrogen and oxygen atoms in total. The van der Waals surface area contributed by atoms with Crippen molar-refractivity contribution in [1.82, 2.24) is 14.7 Å². The Bertz CT molecular complexity index is 1180. The fraction of sp³-hybridized carbons (Fsp3) is 0.393. The van der Waals surface area contributed by atoms with Crippen LogP contribution in [0.3, 0.4) is 0 Å². The third-order valence-corrected chi connectivity index (χ3v) is 6.54. The number of hydrogen-bond acceptors (Lipinski definition) is 3. The van der Waals surface area contributed by atoms with E-state index in [1.807, 2.05) is 55.5 Å². The summed E-state index contributed by atoms with van der Waals surface area (Å²) in [5, 5.41) is 7.84. The monoisotopic (exact) mass is 538 g/mol. The van der Waals surface area contributed by atoms with E-state index in [-0.39, 0.29) is 23.8 Å². The van der Waals surface area contributed by atoms with Crippen LogP contribution in [0.1, 0.15) is 68.6 Å². The first-order chi connectivity index (χ1) is 16.6. The molecule has 0 spiro atoms. The zero-order valence-electron chi connectivity index (χ0n) is 21.3. The van der Waals surface area contributed by atoms with E-state index in [0.717, 1.165) is 40.7 Å². The van der Waals surface area contributed by atoms with E-state index in [1.165, 1.54) is 0 Å². The zero-order chi connectivity index (χ0) is 25.6. The average Bonchev–Trinajstić information content (AvgIpc) is 3.22. The molecule has 2 amide bonds. The van der Waals surface area contributed by atoms with Gasteiger partial charge in [-0.2, -0.15) is 5.10 Å². The van der Waals surface area contributed by atoms with Gasteiger partial charge in [0, 0.05) is 22.5 Å². The minimum atomic E-state index is -0.253. The molecule has 1 aromatic heterocycles. The normalized spacial score (nSPS) is 11.4. The second kappa shape index (κ2) is 11.7. The number of carbonyl (C=O) groups is 2. The van der Waals surface area contributed by atoms with Gasteiger partial charge in [-0.25, -0.2) is 4.68 Å². The first-order valence-corrected chi connectivity index (χ1v) is 12.9. The van der Waals surface area contributed by atoms with E-state index in [9.17, 15) is 9.59 Å². The number of para-hydroxylation sites is 1. The van der Waals surface area contributed by atoms with Gasteiger partial charge in [-0.15, -0.1) is 0 Å². The molecule has 186 valence electrons. The summed E-state index contributed by atoms with van der Waals surface area (Å²) in [6.45, 7) is 10.9. The van der Waals surface area contributed by atoms with E-state index in [0.29, 0.717) is 17.9 Å². The zero-order valence-corrected chi connectivity index (χ0v) is 22.9. The quantitative estimate of drug-likeness (QED) is 0.315. The van der Waals surface area contributed by atoms with Gasteiger partial charge in [-0.1, -0.05) is 70.9 Å². The maximum atomic E-state index is 13.3. The summed E-state index contributed by atoms with van der Waals surface area (Å²) in [5.74, 6) is 0.180. The van der Waals surface area contributed by atoms with Crippen molar-refractivity contribution < 1.29 is 9.59 Å². The van der Waals surface area contributed by atoms with Gasteiger partial charge in [0.2, 0.25) is 5.91 Å². The predicted octanol–water partition coefficient (Wildman–Crippen LogP) is 6.51. The van der Waals surface area contributed by atoms with Crippen LogP contribution in [0.25, 0.3) is 5.69 Å². The highest BCUT2D eigenvalue weighted by atomic mass is 79.9. The van der Waals surface area contributed by atoms with Crippen molar-refractivity contribution in [2.45, 2.75) is 59.3 Å². The molecule has 0 atom stereocenters. The number of nitrogens with one attached hydrogen (secondary N) is 1. The number of rotatable bonds is 9. The number of hydrogen-bond donors (Lipinski definition) is 1. The molecule has 1 N–H and O–H groups in total. The smallest absolute Gasteiger partial charge is 0.255 e. The minimum absolute atomic E-state index is 0.0340. The minimum Gasteiger partial charge on any atom is -0.329 e. The Kier molecular flexibility index (Phi) is 8.89. The second-order valence-electron chi connectivity index (χ2n) is 9.82. The molecule has 0 aliphatic heterocycles. The fourth-order valence-corrected chi connectivity index (χ4v) is 4.24. The van der Waals surface area contributed by atoms with Gasteiger partial charge >= 0.3 is 0 Å². The van der Waals surface area contributed by atoms with Crippen LogP contribution in [0, 0.1) is 6.92 Å². The molecule has 0 bridgehead atoms. The van der Waals surface area contributed by atoms with E-state index >= 15 is 0 Å². The molecule has 0 radical (unpaired) electrons. The standard InChI is InChI=1S/C28H35BrN4O2/c1-6-7-12-17-32(27(35)21-14-9-10-15-22(21)29)19-26(34)30-25-18-24(28(3,4)5)31-33(25)23-16-11-8-13-20(23)2/h8-11,13-16,18H,6-7,12,17,19H2,1-5H3,(H,30,34). The van der Waals surface area contributed by atoms with Crippen LogP contribution < -0.4 is 5.32 Å². The van der Waals surface area contributed by atoms with Crippen LogP contribution in [-0.4, -0.2) is 39.6 Å². The molecular weight excluding hydrogens is 504 g/mol. The first-order valence-electron chi connectivity index (χ1n) is 12.1. The van der Waals surface area contributed by atoms with Crippen molar-refractivity contribution in [3.8, 4) is 5.69 Å². The van der Waals surface area contributed by atoms with Crippen molar-refractivity contribution in [1.29, 1.82) is 0 Å². The molecule has 0 saturated carbocycles. The Labute approximate surface area is 216 Å². The lowest BCUT2D eigenvalue weighted by atomic mass is 9.92. The highest BCUT2D eigenvalue weighted by Crippen LogP contribution is 2.27. The molecule has 3 rings (SSSR count). The van der Waals surface area contributed by atoms with Crippen LogP contribution in [0.5, 0.6) is 0 Å². The number of unbranched alkanes of at least 4 members (excludes halogenated alkanes) is 2. The van der Waals surface area contributed by atoms with Crippen LogP contribution >= 0.6 is 15.9 Å². The lowest BCUT2D eigenvalue weighted by Gasteiger charge is -2.23. The third kappa shape index (κ3) is 6.82. The number of carbonyl (C=O) groups excluding carboxylic acids is 2. The largest absolute Gasteiger partial charge is 0.329 e. The molecule has 0 saturated heterocycles. The van der Waals surface area contributed by atoms with Crippen LogP contribution in [0.15, 0.2) is 59.1 Å². The number of amides is 2. The maximum absolute atomic E-state index is 13.3. The lowest BCUT2D eigenvalue weighted by Crippen LogP contribution is -2.39. The van der Waals surface area contributed by atoms with Crippen molar-refractivity contribution in [3.63, 3.8) is 0 Å². The summed E-state index contributed by atoms with van der Waals surface area (Å²) >= 11 is 3.47. The number of halogens is 1. The summed E-state index contributed by atoms with van der Waals surface area (Å²) in [5.41, 5.74) is 3.20. The van der Waals surface area contributed by atoms with Crippen molar-refractivity contribution in [2.24, 2.45) is 0 Å². The molecule has 1 heterocycles. The maximum Gasteiger partial charge on any atom is 0.255 e. The predicted molar refractivity (Wildman–Crippen MR) is 145 cm³/mol. The van der Waals surface area contributed by atoms with Crippen LogP contribution in [0.2, 0.25) is 0 Å². The molecule has 3 aromatic rings. The highest BCUT2D eigenvalue weighted by Gasteiger charge is 2.24. The van der Waals surface area contributed by atoms with E-state index < -0.39 is 0 Å². The van der Waals surface area contributed by atoms with Gasteiger partial charge in [-0.05, 0) is 53.0 Å². The van der Waals surface area contributed by atoms with E-state index in [2.05, 4.69) is 48.9 Å². The molecule has 0 fully saturated rings. The SMILES string of the molecule is CCCCCN(CC(=O)Nc1cc(C(C)(C)C)nn1-c1ccccc1C)C(=O)c1ccccc1Br. The van der Waals surface area contributed by atoms with Crippen LogP contribution in [-0.2, 0) is 10.2 Å². The summed E-state index contributed by atoms with van der Waals surface area (Å²) in [6.07, 6.45) is 2.88. The highest BCUT2D eigenvalue weighted by molar-refractivity contribution is 9.10. The number of nitrogens with zero attached hydrogens (tertiary/aromatic N) is 3. The summed E-state index contributed by atoms with van der Waals surface area (Å²) in [6, 6.07) is 17.2. The average molecular weight is 540 g/mol. The van der Waals surface area contributed by atoms with Gasteiger partial charge in [0.25, 0.3) is 5.91 Å². The summed E-state index contributed by atoms with van der Waals surface area (Å²) in [7, 11) is 0. The molecule has 0 aliphatic rings. The van der Waals surface area contributed by atoms with Gasteiger partial charge in [0.05, 0.1) is 16.9 Å². The number of aryl methyl sites for hydroxylation is 1. The number of benzene rings is 2. The summed E-state index contributed by atoms with van der Waals surface area (Å²) < 4.78 is 2.50. The van der Waals surface area contributed by atoms with Crippen LogP contribution in [0.4, 0.5) is 5.82 Å².